The fourth-order valence-electron chi connectivity index (χ4n) is 2.81. The van der Waals surface area contributed by atoms with Crippen LogP contribution in [0.2, 0.25) is 0 Å². The molecule has 26 heavy (non-hydrogen) atoms. The van der Waals surface area contributed by atoms with E-state index in [0.29, 0.717) is 50.3 Å². The highest BCUT2D eigenvalue weighted by Crippen LogP contribution is 2.19. The molecule has 1 aliphatic rings. The summed E-state index contributed by atoms with van der Waals surface area (Å²) in [5.41, 5.74) is 0.585. The van der Waals surface area contributed by atoms with Crippen molar-refractivity contribution in [3.63, 3.8) is 0 Å². The predicted octanol–water partition coefficient (Wildman–Crippen LogP) is 1.28. The van der Waals surface area contributed by atoms with Crippen LogP contribution in [0.1, 0.15) is 24.8 Å². The topological polar surface area (TPSA) is 102 Å². The summed E-state index contributed by atoms with van der Waals surface area (Å²) in [6.45, 7) is 1.68. The normalized spacial score (nSPS) is 19.5. The van der Waals surface area contributed by atoms with Gasteiger partial charge in [-0.15, -0.1) is 0 Å². The van der Waals surface area contributed by atoms with E-state index in [4.69, 9.17) is 14.7 Å². The van der Waals surface area contributed by atoms with Crippen molar-refractivity contribution in [2.24, 2.45) is 0 Å². The van der Waals surface area contributed by atoms with Gasteiger partial charge in [0.2, 0.25) is 5.91 Å². The van der Waals surface area contributed by atoms with Crippen molar-refractivity contribution in [3.8, 4) is 11.8 Å². The van der Waals surface area contributed by atoms with Crippen LogP contribution in [-0.2, 0) is 16.1 Å². The van der Waals surface area contributed by atoms with Crippen LogP contribution < -0.4 is 10.1 Å². The Hall–Kier alpha value is -2.92. The van der Waals surface area contributed by atoms with Crippen LogP contribution in [0.5, 0.6) is 5.75 Å². The van der Waals surface area contributed by atoms with Gasteiger partial charge >= 0.3 is 0 Å². The van der Waals surface area contributed by atoms with Gasteiger partial charge < -0.3 is 14.8 Å². The molecule has 1 aromatic carbocycles. The second-order valence-corrected chi connectivity index (χ2v) is 6.09. The molecule has 1 amide bonds. The quantitative estimate of drug-likeness (QED) is 0.803. The van der Waals surface area contributed by atoms with E-state index >= 15 is 0 Å². The maximum absolute atomic E-state index is 12.2. The number of nitrogens with one attached hydrogen (secondary N) is 1. The molecule has 0 saturated carbocycles. The number of aryl methyl sites for hydroxylation is 1. The summed E-state index contributed by atoms with van der Waals surface area (Å²) in [6, 6.07) is 8.85. The average molecular weight is 355 g/mol. The molecule has 0 spiro atoms. The lowest BCUT2D eigenvalue weighted by atomic mass is 10.1. The standard InChI is InChI=1S/C18H21N5O3/c19-10-14-3-5-15(6-4-14)26-17-7-9-25-11-16(17)22-18(24)2-1-8-23-13-20-12-21-23/h3-6,12-13,16-17H,1-2,7-9,11H2,(H,22,24)/t16-,17-/m1/s1. The van der Waals surface area contributed by atoms with Crippen molar-refractivity contribution < 1.29 is 14.3 Å². The SMILES string of the molecule is N#Cc1ccc(O[C@@H]2CCOC[C@H]2NC(=O)CCCn2cncn2)cc1. The van der Waals surface area contributed by atoms with Crippen molar-refractivity contribution in [2.75, 3.05) is 13.2 Å². The van der Waals surface area contributed by atoms with Crippen LogP contribution >= 0.6 is 0 Å². The molecule has 2 aromatic rings. The predicted molar refractivity (Wildman–Crippen MR) is 92.2 cm³/mol. The van der Waals surface area contributed by atoms with Gasteiger partial charge in [-0.05, 0) is 30.7 Å². The van der Waals surface area contributed by atoms with Crippen LogP contribution in [0.3, 0.4) is 0 Å². The van der Waals surface area contributed by atoms with Crippen molar-refractivity contribution in [3.05, 3.63) is 42.5 Å². The van der Waals surface area contributed by atoms with Crippen molar-refractivity contribution in [1.82, 2.24) is 20.1 Å². The van der Waals surface area contributed by atoms with Crippen LogP contribution in [0.4, 0.5) is 0 Å². The number of carbonyl (C=O) groups excluding carboxylic acids is 1. The highest BCUT2D eigenvalue weighted by atomic mass is 16.5. The fraction of sp³-hybridized carbons (Fsp3) is 0.444. The van der Waals surface area contributed by atoms with E-state index in [-0.39, 0.29) is 18.1 Å². The Morgan fingerprint density at radius 3 is 3.00 bits per heavy atom. The minimum Gasteiger partial charge on any atom is -0.488 e. The minimum atomic E-state index is -0.196. The third-order valence-electron chi connectivity index (χ3n) is 4.17. The Balaban J connectivity index is 1.49. The van der Waals surface area contributed by atoms with Gasteiger partial charge in [0.1, 0.15) is 24.5 Å². The number of rotatable bonds is 7. The Bertz CT molecular complexity index is 739. The number of ether oxygens (including phenoxy) is 2. The molecular formula is C18H21N5O3. The third kappa shape index (κ3) is 5.04. The Morgan fingerprint density at radius 2 is 2.27 bits per heavy atom. The monoisotopic (exact) mass is 355 g/mol. The average Bonchev–Trinajstić information content (AvgIpc) is 3.17. The molecule has 8 nitrogen and oxygen atoms in total. The molecule has 3 rings (SSSR count). The minimum absolute atomic E-state index is 0.0333. The number of nitrogens with zero attached hydrogens (tertiary/aromatic N) is 4. The summed E-state index contributed by atoms with van der Waals surface area (Å²) in [7, 11) is 0. The van der Waals surface area contributed by atoms with E-state index in [1.165, 1.54) is 6.33 Å². The third-order valence-corrected chi connectivity index (χ3v) is 4.17. The van der Waals surface area contributed by atoms with Crippen molar-refractivity contribution in [1.29, 1.82) is 5.26 Å². The Kier molecular flexibility index (Phi) is 6.17. The summed E-state index contributed by atoms with van der Waals surface area (Å²) in [4.78, 5) is 16.1. The van der Waals surface area contributed by atoms with Gasteiger partial charge in [0.05, 0.1) is 30.9 Å². The van der Waals surface area contributed by atoms with Gasteiger partial charge in [0.25, 0.3) is 0 Å². The molecular weight excluding hydrogens is 334 g/mol. The molecule has 1 saturated heterocycles. The highest BCUT2D eigenvalue weighted by Gasteiger charge is 2.28. The number of carbonyl (C=O) groups is 1. The van der Waals surface area contributed by atoms with E-state index in [1.54, 1.807) is 35.3 Å². The molecule has 0 aliphatic carbocycles. The van der Waals surface area contributed by atoms with Crippen LogP contribution in [0.15, 0.2) is 36.9 Å². The molecule has 136 valence electrons. The first kappa shape index (κ1) is 17.9. The summed E-state index contributed by atoms with van der Waals surface area (Å²) in [6.07, 6.45) is 4.74. The second-order valence-electron chi connectivity index (χ2n) is 6.09. The molecule has 2 atom stereocenters. The first-order chi connectivity index (χ1) is 12.7. The van der Waals surface area contributed by atoms with Crippen LogP contribution in [0.25, 0.3) is 0 Å². The number of benzene rings is 1. The molecule has 1 N–H and O–H groups in total. The molecule has 1 fully saturated rings. The first-order valence-corrected chi connectivity index (χ1v) is 8.61. The highest BCUT2D eigenvalue weighted by molar-refractivity contribution is 5.76. The van der Waals surface area contributed by atoms with Crippen LogP contribution in [0, 0.1) is 11.3 Å². The van der Waals surface area contributed by atoms with Gasteiger partial charge in [0.15, 0.2) is 0 Å². The largest absolute Gasteiger partial charge is 0.488 e. The molecule has 1 aromatic heterocycles. The smallest absolute Gasteiger partial charge is 0.220 e. The van der Waals surface area contributed by atoms with E-state index in [1.807, 2.05) is 0 Å². The number of hydrogen-bond acceptors (Lipinski definition) is 6. The number of nitriles is 1. The van der Waals surface area contributed by atoms with Crippen LogP contribution in [-0.4, -0.2) is 46.0 Å². The zero-order valence-corrected chi connectivity index (χ0v) is 14.4. The Morgan fingerprint density at radius 1 is 1.42 bits per heavy atom. The van der Waals surface area contributed by atoms with E-state index in [9.17, 15) is 4.79 Å². The van der Waals surface area contributed by atoms with Gasteiger partial charge in [-0.3, -0.25) is 9.48 Å². The Labute approximate surface area is 151 Å². The number of aromatic nitrogens is 3. The fourth-order valence-corrected chi connectivity index (χ4v) is 2.81. The van der Waals surface area contributed by atoms with Gasteiger partial charge in [-0.25, -0.2) is 4.98 Å². The second kappa shape index (κ2) is 8.97. The molecule has 0 bridgehead atoms. The maximum atomic E-state index is 12.2. The zero-order valence-electron chi connectivity index (χ0n) is 14.4. The molecule has 0 radical (unpaired) electrons. The van der Waals surface area contributed by atoms with E-state index < -0.39 is 0 Å². The summed E-state index contributed by atoms with van der Waals surface area (Å²) in [5.74, 6) is 0.648. The van der Waals surface area contributed by atoms with Crippen molar-refractivity contribution >= 4 is 5.91 Å². The lowest BCUT2D eigenvalue weighted by Crippen LogP contribution is -2.51. The number of amides is 1. The zero-order chi connectivity index (χ0) is 18.2. The lowest BCUT2D eigenvalue weighted by Gasteiger charge is -2.32. The molecule has 0 unspecified atom stereocenters. The summed E-state index contributed by atoms with van der Waals surface area (Å²) >= 11 is 0. The van der Waals surface area contributed by atoms with E-state index in [2.05, 4.69) is 21.5 Å². The summed E-state index contributed by atoms with van der Waals surface area (Å²) < 4.78 is 13.2. The molecule has 2 heterocycles. The van der Waals surface area contributed by atoms with E-state index in [0.717, 1.165) is 0 Å². The molecule has 8 heteroatoms. The van der Waals surface area contributed by atoms with Gasteiger partial charge in [-0.2, -0.15) is 10.4 Å². The lowest BCUT2D eigenvalue weighted by molar-refractivity contribution is -0.124. The molecule has 1 aliphatic heterocycles. The maximum Gasteiger partial charge on any atom is 0.220 e. The first-order valence-electron chi connectivity index (χ1n) is 8.61. The summed E-state index contributed by atoms with van der Waals surface area (Å²) in [5, 5.41) is 15.9. The van der Waals surface area contributed by atoms with Gasteiger partial charge in [0, 0.05) is 19.4 Å². The van der Waals surface area contributed by atoms with Crippen molar-refractivity contribution in [2.45, 2.75) is 38.0 Å². The van der Waals surface area contributed by atoms with Gasteiger partial charge in [-0.1, -0.05) is 0 Å². The number of hydrogen-bond donors (Lipinski definition) is 1.